The van der Waals surface area contributed by atoms with E-state index in [2.05, 4.69) is 4.90 Å². The average molecular weight is 249 g/mol. The predicted octanol–water partition coefficient (Wildman–Crippen LogP) is 2.63. The van der Waals surface area contributed by atoms with Crippen LogP contribution in [-0.2, 0) is 0 Å². The topological polar surface area (TPSA) is 49.8 Å². The quantitative estimate of drug-likeness (QED) is 0.842. The minimum absolute atomic E-state index is 0.346. The van der Waals surface area contributed by atoms with Gasteiger partial charge in [-0.05, 0) is 37.8 Å². The van der Waals surface area contributed by atoms with E-state index in [1.807, 2.05) is 13.0 Å². The van der Waals surface area contributed by atoms with Gasteiger partial charge in [-0.2, -0.15) is 0 Å². The predicted molar refractivity (Wildman–Crippen MR) is 70.6 cm³/mol. The molecule has 0 radical (unpaired) electrons. The SMILES string of the molecule is CCN(CC1CC1)c1cc(OC)ccc1C(=O)O. The van der Waals surface area contributed by atoms with Crippen molar-refractivity contribution in [1.29, 1.82) is 0 Å². The van der Waals surface area contributed by atoms with E-state index in [-0.39, 0.29) is 0 Å². The van der Waals surface area contributed by atoms with E-state index in [1.54, 1.807) is 19.2 Å². The molecule has 1 saturated carbocycles. The third kappa shape index (κ3) is 2.75. The molecule has 0 bridgehead atoms. The zero-order valence-electron chi connectivity index (χ0n) is 10.8. The van der Waals surface area contributed by atoms with Gasteiger partial charge in [0.15, 0.2) is 0 Å². The number of hydrogen-bond acceptors (Lipinski definition) is 3. The van der Waals surface area contributed by atoms with Crippen molar-refractivity contribution in [3.63, 3.8) is 0 Å². The Hall–Kier alpha value is -1.71. The van der Waals surface area contributed by atoms with Gasteiger partial charge >= 0.3 is 5.97 Å². The van der Waals surface area contributed by atoms with E-state index < -0.39 is 5.97 Å². The maximum absolute atomic E-state index is 11.3. The van der Waals surface area contributed by atoms with Crippen molar-refractivity contribution in [2.75, 3.05) is 25.1 Å². The molecule has 0 unspecified atom stereocenters. The van der Waals surface area contributed by atoms with Crippen molar-refractivity contribution < 1.29 is 14.6 Å². The number of methoxy groups -OCH3 is 1. The molecule has 1 aromatic carbocycles. The van der Waals surface area contributed by atoms with Gasteiger partial charge in [-0.1, -0.05) is 0 Å². The summed E-state index contributed by atoms with van der Waals surface area (Å²) in [5.41, 5.74) is 1.11. The molecule has 4 nitrogen and oxygen atoms in total. The van der Waals surface area contributed by atoms with E-state index >= 15 is 0 Å². The fraction of sp³-hybridized carbons (Fsp3) is 0.500. The first kappa shape index (κ1) is 12.7. The summed E-state index contributed by atoms with van der Waals surface area (Å²) < 4.78 is 5.19. The van der Waals surface area contributed by atoms with Crippen molar-refractivity contribution in [2.45, 2.75) is 19.8 Å². The van der Waals surface area contributed by atoms with Crippen molar-refractivity contribution in [3.05, 3.63) is 23.8 Å². The summed E-state index contributed by atoms with van der Waals surface area (Å²) in [5.74, 6) is 0.531. The largest absolute Gasteiger partial charge is 0.497 e. The molecule has 0 aromatic heterocycles. The monoisotopic (exact) mass is 249 g/mol. The van der Waals surface area contributed by atoms with Crippen LogP contribution in [0.5, 0.6) is 5.75 Å². The summed E-state index contributed by atoms with van der Waals surface area (Å²) in [7, 11) is 1.59. The molecule has 18 heavy (non-hydrogen) atoms. The second kappa shape index (κ2) is 5.29. The van der Waals surface area contributed by atoms with Crippen LogP contribution in [0.15, 0.2) is 18.2 Å². The lowest BCUT2D eigenvalue weighted by atomic mass is 10.1. The highest BCUT2D eigenvalue weighted by molar-refractivity contribution is 5.94. The van der Waals surface area contributed by atoms with Gasteiger partial charge in [-0.3, -0.25) is 0 Å². The smallest absolute Gasteiger partial charge is 0.337 e. The molecule has 0 atom stereocenters. The second-order valence-corrected chi connectivity index (χ2v) is 4.67. The highest BCUT2D eigenvalue weighted by atomic mass is 16.5. The van der Waals surface area contributed by atoms with Crippen molar-refractivity contribution >= 4 is 11.7 Å². The Morgan fingerprint density at radius 3 is 2.72 bits per heavy atom. The van der Waals surface area contributed by atoms with Gasteiger partial charge in [0, 0.05) is 19.2 Å². The molecule has 0 saturated heterocycles. The summed E-state index contributed by atoms with van der Waals surface area (Å²) in [6.45, 7) is 3.79. The number of ether oxygens (including phenoxy) is 1. The first-order valence-corrected chi connectivity index (χ1v) is 6.32. The minimum Gasteiger partial charge on any atom is -0.497 e. The lowest BCUT2D eigenvalue weighted by Gasteiger charge is -2.25. The number of aromatic carboxylic acids is 1. The Balaban J connectivity index is 2.33. The van der Waals surface area contributed by atoms with Crippen LogP contribution >= 0.6 is 0 Å². The van der Waals surface area contributed by atoms with Gasteiger partial charge in [0.1, 0.15) is 5.75 Å². The van der Waals surface area contributed by atoms with E-state index in [0.29, 0.717) is 11.3 Å². The zero-order valence-corrected chi connectivity index (χ0v) is 10.8. The summed E-state index contributed by atoms with van der Waals surface area (Å²) in [4.78, 5) is 13.4. The molecule has 0 amide bonds. The van der Waals surface area contributed by atoms with Gasteiger partial charge in [-0.15, -0.1) is 0 Å². The molecule has 1 fully saturated rings. The summed E-state index contributed by atoms with van der Waals surface area (Å²) in [5, 5.41) is 9.26. The number of anilines is 1. The molecule has 1 N–H and O–H groups in total. The Morgan fingerprint density at radius 2 is 2.22 bits per heavy atom. The highest BCUT2D eigenvalue weighted by Crippen LogP contribution is 2.33. The van der Waals surface area contributed by atoms with E-state index in [4.69, 9.17) is 4.74 Å². The molecular formula is C14H19NO3. The van der Waals surface area contributed by atoms with Gasteiger partial charge in [0.05, 0.1) is 18.4 Å². The molecule has 0 heterocycles. The molecule has 1 aliphatic carbocycles. The van der Waals surface area contributed by atoms with E-state index in [9.17, 15) is 9.90 Å². The van der Waals surface area contributed by atoms with E-state index in [0.717, 1.165) is 24.7 Å². The number of carboxylic acid groups (broad SMARTS) is 1. The number of nitrogens with zero attached hydrogens (tertiary/aromatic N) is 1. The molecule has 0 spiro atoms. The molecule has 98 valence electrons. The minimum atomic E-state index is -0.887. The Labute approximate surface area is 107 Å². The molecule has 1 aromatic rings. The second-order valence-electron chi connectivity index (χ2n) is 4.67. The third-order valence-electron chi connectivity index (χ3n) is 3.33. The lowest BCUT2D eigenvalue weighted by molar-refractivity contribution is 0.0697. The lowest BCUT2D eigenvalue weighted by Crippen LogP contribution is -2.27. The van der Waals surface area contributed by atoms with Crippen LogP contribution < -0.4 is 9.64 Å². The van der Waals surface area contributed by atoms with Gasteiger partial charge < -0.3 is 14.7 Å². The normalized spacial score (nSPS) is 14.3. The Kier molecular flexibility index (Phi) is 3.75. The Bertz CT molecular complexity index is 441. The van der Waals surface area contributed by atoms with Crippen molar-refractivity contribution in [1.82, 2.24) is 0 Å². The number of benzene rings is 1. The van der Waals surface area contributed by atoms with Crippen LogP contribution in [-0.4, -0.2) is 31.3 Å². The number of carboxylic acids is 1. The van der Waals surface area contributed by atoms with Gasteiger partial charge in [-0.25, -0.2) is 4.79 Å². The van der Waals surface area contributed by atoms with Gasteiger partial charge in [0.25, 0.3) is 0 Å². The van der Waals surface area contributed by atoms with Crippen LogP contribution in [0.4, 0.5) is 5.69 Å². The first-order chi connectivity index (χ1) is 8.65. The maximum atomic E-state index is 11.3. The van der Waals surface area contributed by atoms with Crippen molar-refractivity contribution in [2.24, 2.45) is 5.92 Å². The van der Waals surface area contributed by atoms with Crippen LogP contribution in [0.1, 0.15) is 30.1 Å². The molecule has 4 heteroatoms. The number of rotatable bonds is 6. The van der Waals surface area contributed by atoms with Crippen LogP contribution in [0.3, 0.4) is 0 Å². The van der Waals surface area contributed by atoms with Crippen molar-refractivity contribution in [3.8, 4) is 5.75 Å². The Morgan fingerprint density at radius 1 is 1.50 bits per heavy atom. The van der Waals surface area contributed by atoms with E-state index in [1.165, 1.54) is 12.8 Å². The summed E-state index contributed by atoms with van der Waals surface area (Å²) >= 11 is 0. The molecule has 1 aliphatic rings. The fourth-order valence-corrected chi connectivity index (χ4v) is 2.09. The standard InChI is InChI=1S/C14H19NO3/c1-3-15(9-10-4-5-10)13-8-11(18-2)6-7-12(13)14(16)17/h6-8,10H,3-5,9H2,1-2H3,(H,16,17). The average Bonchev–Trinajstić information content (AvgIpc) is 3.19. The maximum Gasteiger partial charge on any atom is 0.337 e. The number of hydrogen-bond donors (Lipinski definition) is 1. The number of carbonyl (C=O) groups is 1. The molecule has 2 rings (SSSR count). The first-order valence-electron chi connectivity index (χ1n) is 6.32. The fourth-order valence-electron chi connectivity index (χ4n) is 2.09. The molecular weight excluding hydrogens is 230 g/mol. The van der Waals surface area contributed by atoms with Crippen LogP contribution in [0.2, 0.25) is 0 Å². The summed E-state index contributed by atoms with van der Waals surface area (Å²) in [6, 6.07) is 5.12. The van der Waals surface area contributed by atoms with Gasteiger partial charge in [0.2, 0.25) is 0 Å². The summed E-state index contributed by atoms with van der Waals surface area (Å²) in [6.07, 6.45) is 2.51. The third-order valence-corrected chi connectivity index (χ3v) is 3.33. The highest BCUT2D eigenvalue weighted by Gasteiger charge is 2.26. The molecule has 0 aliphatic heterocycles. The zero-order chi connectivity index (χ0) is 13.1. The van der Waals surface area contributed by atoms with Crippen LogP contribution in [0.25, 0.3) is 0 Å². The van der Waals surface area contributed by atoms with Crippen LogP contribution in [0, 0.1) is 5.92 Å².